The molecule has 1 aromatic carbocycles. The Balaban J connectivity index is 1.77. The molecule has 1 aliphatic rings. The number of carbonyl (C=O) groups is 1. The van der Waals surface area contributed by atoms with Gasteiger partial charge in [0.2, 0.25) is 0 Å². The SMILES string of the molecule is CN1CC[C@@H](OC(=O)c2ccc3cccnc3c2)C1. The zero-order valence-corrected chi connectivity index (χ0v) is 10.9. The smallest absolute Gasteiger partial charge is 0.338 e. The molecule has 0 aliphatic carbocycles. The highest BCUT2D eigenvalue weighted by Gasteiger charge is 2.23. The molecule has 4 nitrogen and oxygen atoms in total. The largest absolute Gasteiger partial charge is 0.457 e. The van der Waals surface area contributed by atoms with Gasteiger partial charge in [-0.25, -0.2) is 4.79 Å². The molecule has 1 aromatic heterocycles. The van der Waals surface area contributed by atoms with Crippen LogP contribution in [-0.4, -0.2) is 42.1 Å². The second-order valence-corrected chi connectivity index (χ2v) is 4.99. The van der Waals surface area contributed by atoms with Crippen molar-refractivity contribution in [3.8, 4) is 0 Å². The van der Waals surface area contributed by atoms with Gasteiger partial charge in [0, 0.05) is 24.7 Å². The van der Waals surface area contributed by atoms with E-state index in [-0.39, 0.29) is 12.1 Å². The minimum Gasteiger partial charge on any atom is -0.457 e. The van der Waals surface area contributed by atoms with Crippen molar-refractivity contribution in [2.75, 3.05) is 20.1 Å². The zero-order chi connectivity index (χ0) is 13.2. The van der Waals surface area contributed by atoms with Crippen molar-refractivity contribution in [1.82, 2.24) is 9.88 Å². The van der Waals surface area contributed by atoms with Crippen LogP contribution in [0.3, 0.4) is 0 Å². The second kappa shape index (κ2) is 4.97. The maximum absolute atomic E-state index is 12.1. The zero-order valence-electron chi connectivity index (χ0n) is 10.9. The molecule has 0 unspecified atom stereocenters. The van der Waals surface area contributed by atoms with E-state index in [4.69, 9.17) is 4.74 Å². The lowest BCUT2D eigenvalue weighted by Gasteiger charge is -2.12. The lowest BCUT2D eigenvalue weighted by Crippen LogP contribution is -2.22. The Labute approximate surface area is 112 Å². The Morgan fingerprint density at radius 2 is 2.32 bits per heavy atom. The summed E-state index contributed by atoms with van der Waals surface area (Å²) >= 11 is 0. The lowest BCUT2D eigenvalue weighted by molar-refractivity contribution is 0.0327. The first-order chi connectivity index (χ1) is 9.22. The molecule has 98 valence electrons. The molecule has 0 spiro atoms. The highest BCUT2D eigenvalue weighted by Crippen LogP contribution is 2.17. The highest BCUT2D eigenvalue weighted by atomic mass is 16.5. The number of carbonyl (C=O) groups excluding carboxylic acids is 1. The highest BCUT2D eigenvalue weighted by molar-refractivity contribution is 5.94. The van der Waals surface area contributed by atoms with Crippen molar-refractivity contribution in [3.05, 3.63) is 42.1 Å². The van der Waals surface area contributed by atoms with E-state index in [1.807, 2.05) is 25.2 Å². The number of rotatable bonds is 2. The van der Waals surface area contributed by atoms with Gasteiger partial charge in [-0.1, -0.05) is 12.1 Å². The number of benzene rings is 1. The van der Waals surface area contributed by atoms with Crippen LogP contribution in [0, 0.1) is 0 Å². The van der Waals surface area contributed by atoms with Crippen LogP contribution in [0.1, 0.15) is 16.8 Å². The van der Waals surface area contributed by atoms with Crippen LogP contribution in [0.25, 0.3) is 10.9 Å². The molecule has 0 N–H and O–H groups in total. The minimum atomic E-state index is -0.257. The summed E-state index contributed by atoms with van der Waals surface area (Å²) in [4.78, 5) is 18.5. The molecule has 1 fully saturated rings. The average Bonchev–Trinajstić information content (AvgIpc) is 2.83. The monoisotopic (exact) mass is 256 g/mol. The molecule has 0 saturated carbocycles. The number of pyridine rings is 1. The van der Waals surface area contributed by atoms with Gasteiger partial charge < -0.3 is 9.64 Å². The third-order valence-corrected chi connectivity index (χ3v) is 3.46. The van der Waals surface area contributed by atoms with E-state index >= 15 is 0 Å². The summed E-state index contributed by atoms with van der Waals surface area (Å²) in [6.07, 6.45) is 2.65. The van der Waals surface area contributed by atoms with Crippen LogP contribution in [-0.2, 0) is 4.74 Å². The molecule has 19 heavy (non-hydrogen) atoms. The van der Waals surface area contributed by atoms with Crippen LogP contribution in [0.15, 0.2) is 36.5 Å². The maximum atomic E-state index is 12.1. The summed E-state index contributed by atoms with van der Waals surface area (Å²) in [5, 5.41) is 1.03. The molecular weight excluding hydrogens is 240 g/mol. The van der Waals surface area contributed by atoms with Gasteiger partial charge in [0.05, 0.1) is 11.1 Å². The van der Waals surface area contributed by atoms with Crippen molar-refractivity contribution in [3.63, 3.8) is 0 Å². The first-order valence-corrected chi connectivity index (χ1v) is 6.47. The number of likely N-dealkylation sites (N-methyl/N-ethyl adjacent to an activating group) is 1. The van der Waals surface area contributed by atoms with Gasteiger partial charge >= 0.3 is 5.97 Å². The van der Waals surface area contributed by atoms with Crippen molar-refractivity contribution in [1.29, 1.82) is 0 Å². The Morgan fingerprint density at radius 1 is 1.42 bits per heavy atom. The standard InChI is InChI=1S/C15H16N2O2/c1-17-8-6-13(10-17)19-15(18)12-5-4-11-3-2-7-16-14(11)9-12/h2-5,7,9,13H,6,8,10H2,1H3/t13-/m1/s1. The van der Waals surface area contributed by atoms with E-state index in [1.54, 1.807) is 18.3 Å². The first kappa shape index (κ1) is 12.1. The number of fused-ring (bicyclic) bond motifs is 1. The van der Waals surface area contributed by atoms with E-state index in [0.29, 0.717) is 5.56 Å². The number of esters is 1. The van der Waals surface area contributed by atoms with E-state index in [1.165, 1.54) is 0 Å². The summed E-state index contributed by atoms with van der Waals surface area (Å²) in [5.41, 5.74) is 1.39. The Kier molecular flexibility index (Phi) is 3.17. The predicted molar refractivity (Wildman–Crippen MR) is 73.1 cm³/mol. The van der Waals surface area contributed by atoms with Gasteiger partial charge in [-0.15, -0.1) is 0 Å². The van der Waals surface area contributed by atoms with Crippen LogP contribution < -0.4 is 0 Å². The van der Waals surface area contributed by atoms with Gasteiger partial charge in [0.25, 0.3) is 0 Å². The fourth-order valence-electron chi connectivity index (χ4n) is 2.40. The molecule has 1 aliphatic heterocycles. The molecule has 0 bridgehead atoms. The van der Waals surface area contributed by atoms with E-state index in [2.05, 4.69) is 9.88 Å². The first-order valence-electron chi connectivity index (χ1n) is 6.47. The van der Waals surface area contributed by atoms with E-state index < -0.39 is 0 Å². The average molecular weight is 256 g/mol. The molecule has 4 heteroatoms. The Bertz CT molecular complexity index is 612. The van der Waals surface area contributed by atoms with Crippen molar-refractivity contribution in [2.45, 2.75) is 12.5 Å². The third-order valence-electron chi connectivity index (χ3n) is 3.46. The van der Waals surface area contributed by atoms with Gasteiger partial charge in [-0.2, -0.15) is 0 Å². The van der Waals surface area contributed by atoms with Crippen LogP contribution in [0.2, 0.25) is 0 Å². The van der Waals surface area contributed by atoms with Crippen molar-refractivity contribution in [2.24, 2.45) is 0 Å². The van der Waals surface area contributed by atoms with Gasteiger partial charge in [0.15, 0.2) is 0 Å². The third kappa shape index (κ3) is 2.58. The molecule has 0 radical (unpaired) electrons. The molecular formula is C15H16N2O2. The molecule has 0 amide bonds. The number of likely N-dealkylation sites (tertiary alicyclic amines) is 1. The quantitative estimate of drug-likeness (QED) is 0.772. The number of nitrogens with zero attached hydrogens (tertiary/aromatic N) is 2. The van der Waals surface area contributed by atoms with Gasteiger partial charge in [0.1, 0.15) is 6.10 Å². The van der Waals surface area contributed by atoms with E-state index in [0.717, 1.165) is 30.4 Å². The van der Waals surface area contributed by atoms with Gasteiger partial charge in [-0.3, -0.25) is 4.98 Å². The molecule has 2 heterocycles. The van der Waals surface area contributed by atoms with Crippen LogP contribution >= 0.6 is 0 Å². The molecule has 3 rings (SSSR count). The topological polar surface area (TPSA) is 42.4 Å². The second-order valence-electron chi connectivity index (χ2n) is 4.99. The van der Waals surface area contributed by atoms with Crippen LogP contribution in [0.4, 0.5) is 0 Å². The number of hydrogen-bond donors (Lipinski definition) is 0. The Hall–Kier alpha value is -1.94. The van der Waals surface area contributed by atoms with Gasteiger partial charge in [-0.05, 0) is 31.7 Å². The number of ether oxygens (including phenoxy) is 1. The molecule has 2 aromatic rings. The van der Waals surface area contributed by atoms with Crippen molar-refractivity contribution < 1.29 is 9.53 Å². The molecule has 1 atom stereocenters. The van der Waals surface area contributed by atoms with Crippen molar-refractivity contribution >= 4 is 16.9 Å². The maximum Gasteiger partial charge on any atom is 0.338 e. The summed E-state index contributed by atoms with van der Waals surface area (Å²) in [6.45, 7) is 1.80. The lowest BCUT2D eigenvalue weighted by atomic mass is 10.1. The fraction of sp³-hybridized carbons (Fsp3) is 0.333. The predicted octanol–water partition coefficient (Wildman–Crippen LogP) is 2.10. The summed E-state index contributed by atoms with van der Waals surface area (Å²) < 4.78 is 5.51. The summed E-state index contributed by atoms with van der Waals surface area (Å²) in [6, 6.07) is 9.35. The number of hydrogen-bond acceptors (Lipinski definition) is 4. The molecule has 1 saturated heterocycles. The fourth-order valence-corrected chi connectivity index (χ4v) is 2.40. The van der Waals surface area contributed by atoms with Crippen LogP contribution in [0.5, 0.6) is 0 Å². The number of aromatic nitrogens is 1. The minimum absolute atomic E-state index is 0.0110. The summed E-state index contributed by atoms with van der Waals surface area (Å²) in [7, 11) is 2.04. The summed E-state index contributed by atoms with van der Waals surface area (Å²) in [5.74, 6) is -0.257. The van der Waals surface area contributed by atoms with E-state index in [9.17, 15) is 4.79 Å². The Morgan fingerprint density at radius 3 is 3.11 bits per heavy atom. The normalized spacial score (nSPS) is 19.7.